The van der Waals surface area contributed by atoms with Gasteiger partial charge in [0, 0.05) is 12.1 Å². The highest BCUT2D eigenvalue weighted by molar-refractivity contribution is 5.91. The molecule has 0 fully saturated rings. The molecule has 1 N–H and O–H groups in total. The van der Waals surface area contributed by atoms with Crippen molar-refractivity contribution in [3.8, 4) is 11.5 Å². The SMILES string of the molecule is Cc1ccc(F)cc1NC(=O)CCc1ccc2c(c1)OCCO2. The van der Waals surface area contributed by atoms with E-state index in [4.69, 9.17) is 9.47 Å². The lowest BCUT2D eigenvalue weighted by Gasteiger charge is -2.18. The van der Waals surface area contributed by atoms with Gasteiger partial charge in [-0.05, 0) is 48.7 Å². The molecule has 0 aromatic heterocycles. The number of rotatable bonds is 4. The van der Waals surface area contributed by atoms with Gasteiger partial charge in [0.1, 0.15) is 19.0 Å². The van der Waals surface area contributed by atoms with E-state index < -0.39 is 0 Å². The number of ether oxygens (including phenoxy) is 2. The molecule has 2 aromatic rings. The quantitative estimate of drug-likeness (QED) is 0.939. The molecule has 2 aromatic carbocycles. The molecule has 1 aliphatic heterocycles. The molecule has 120 valence electrons. The molecule has 0 bridgehead atoms. The van der Waals surface area contributed by atoms with E-state index in [-0.39, 0.29) is 11.7 Å². The van der Waals surface area contributed by atoms with Crippen molar-refractivity contribution < 1.29 is 18.7 Å². The van der Waals surface area contributed by atoms with Gasteiger partial charge in [-0.2, -0.15) is 0 Å². The van der Waals surface area contributed by atoms with Crippen LogP contribution in [0.4, 0.5) is 10.1 Å². The van der Waals surface area contributed by atoms with Crippen molar-refractivity contribution in [3.63, 3.8) is 0 Å². The Morgan fingerprint density at radius 3 is 2.74 bits per heavy atom. The minimum atomic E-state index is -0.363. The van der Waals surface area contributed by atoms with E-state index in [1.807, 2.05) is 25.1 Å². The summed E-state index contributed by atoms with van der Waals surface area (Å²) in [5, 5.41) is 2.75. The molecule has 0 spiro atoms. The average Bonchev–Trinajstić information content (AvgIpc) is 2.56. The van der Waals surface area contributed by atoms with E-state index in [9.17, 15) is 9.18 Å². The Balaban J connectivity index is 1.59. The van der Waals surface area contributed by atoms with Crippen LogP contribution in [-0.2, 0) is 11.2 Å². The van der Waals surface area contributed by atoms with Crippen molar-refractivity contribution in [2.24, 2.45) is 0 Å². The largest absolute Gasteiger partial charge is 0.486 e. The van der Waals surface area contributed by atoms with Crippen LogP contribution in [-0.4, -0.2) is 19.1 Å². The lowest BCUT2D eigenvalue weighted by Crippen LogP contribution is -2.16. The Labute approximate surface area is 134 Å². The van der Waals surface area contributed by atoms with Crippen LogP contribution in [0.15, 0.2) is 36.4 Å². The highest BCUT2D eigenvalue weighted by atomic mass is 19.1. The molecule has 1 aliphatic rings. The first-order chi connectivity index (χ1) is 11.1. The van der Waals surface area contributed by atoms with Gasteiger partial charge < -0.3 is 14.8 Å². The number of anilines is 1. The van der Waals surface area contributed by atoms with Crippen molar-refractivity contribution >= 4 is 11.6 Å². The zero-order valence-electron chi connectivity index (χ0n) is 12.9. The Morgan fingerprint density at radius 1 is 1.13 bits per heavy atom. The maximum Gasteiger partial charge on any atom is 0.224 e. The molecule has 23 heavy (non-hydrogen) atoms. The summed E-state index contributed by atoms with van der Waals surface area (Å²) < 4.78 is 24.2. The molecule has 3 rings (SSSR count). The molecule has 0 saturated carbocycles. The van der Waals surface area contributed by atoms with Crippen LogP contribution in [0.3, 0.4) is 0 Å². The normalized spacial score (nSPS) is 12.8. The van der Waals surface area contributed by atoms with Gasteiger partial charge in [0.25, 0.3) is 0 Å². The number of carbonyl (C=O) groups is 1. The Kier molecular flexibility index (Phi) is 4.46. The zero-order valence-corrected chi connectivity index (χ0v) is 12.9. The molecular formula is C18H18FNO3. The summed E-state index contributed by atoms with van der Waals surface area (Å²) in [7, 11) is 0. The van der Waals surface area contributed by atoms with Crippen molar-refractivity contribution in [1.82, 2.24) is 0 Å². The Bertz CT molecular complexity index is 730. The second kappa shape index (κ2) is 6.69. The molecule has 1 heterocycles. The molecule has 0 radical (unpaired) electrons. The molecule has 0 unspecified atom stereocenters. The van der Waals surface area contributed by atoms with Crippen LogP contribution in [0.5, 0.6) is 11.5 Å². The number of aryl methyl sites for hydroxylation is 2. The first kappa shape index (κ1) is 15.3. The molecule has 0 aliphatic carbocycles. The molecule has 5 heteroatoms. The fourth-order valence-corrected chi connectivity index (χ4v) is 2.44. The predicted octanol–water partition coefficient (Wildman–Crippen LogP) is 3.48. The van der Waals surface area contributed by atoms with E-state index in [0.29, 0.717) is 31.7 Å². The maximum absolute atomic E-state index is 13.2. The van der Waals surface area contributed by atoms with E-state index >= 15 is 0 Å². The van der Waals surface area contributed by atoms with Gasteiger partial charge in [-0.25, -0.2) is 4.39 Å². The summed E-state index contributed by atoms with van der Waals surface area (Å²) >= 11 is 0. The first-order valence-electron chi connectivity index (χ1n) is 7.56. The zero-order chi connectivity index (χ0) is 16.2. The van der Waals surface area contributed by atoms with Crippen LogP contribution >= 0.6 is 0 Å². The third-order valence-electron chi connectivity index (χ3n) is 3.72. The highest BCUT2D eigenvalue weighted by Gasteiger charge is 2.12. The van der Waals surface area contributed by atoms with Crippen LogP contribution in [0.1, 0.15) is 17.5 Å². The first-order valence-corrected chi connectivity index (χ1v) is 7.56. The summed E-state index contributed by atoms with van der Waals surface area (Å²) in [6.07, 6.45) is 0.895. The summed E-state index contributed by atoms with van der Waals surface area (Å²) in [6, 6.07) is 10.0. The average molecular weight is 315 g/mol. The van der Waals surface area contributed by atoms with Gasteiger partial charge in [0.15, 0.2) is 11.5 Å². The van der Waals surface area contributed by atoms with Crippen LogP contribution in [0.25, 0.3) is 0 Å². The summed E-state index contributed by atoms with van der Waals surface area (Å²) in [5.41, 5.74) is 2.34. The molecule has 0 saturated heterocycles. The van der Waals surface area contributed by atoms with E-state index in [1.54, 1.807) is 6.07 Å². The number of hydrogen-bond donors (Lipinski definition) is 1. The number of fused-ring (bicyclic) bond motifs is 1. The van der Waals surface area contributed by atoms with Gasteiger partial charge in [0.05, 0.1) is 0 Å². The number of carbonyl (C=O) groups excluding carboxylic acids is 1. The van der Waals surface area contributed by atoms with Gasteiger partial charge >= 0.3 is 0 Å². The lowest BCUT2D eigenvalue weighted by molar-refractivity contribution is -0.116. The van der Waals surface area contributed by atoms with Crippen LogP contribution < -0.4 is 14.8 Å². The number of benzene rings is 2. The standard InChI is InChI=1S/C18H18FNO3/c1-12-2-5-14(19)11-15(12)20-18(21)7-4-13-3-6-16-17(10-13)23-9-8-22-16/h2-3,5-6,10-11H,4,7-9H2,1H3,(H,20,21). The van der Waals surface area contributed by atoms with Crippen molar-refractivity contribution in [2.45, 2.75) is 19.8 Å². The van der Waals surface area contributed by atoms with Crippen LogP contribution in [0.2, 0.25) is 0 Å². The summed E-state index contributed by atoms with van der Waals surface area (Å²) in [4.78, 5) is 12.0. The predicted molar refractivity (Wildman–Crippen MR) is 85.5 cm³/mol. The van der Waals surface area contributed by atoms with Crippen LogP contribution in [0, 0.1) is 12.7 Å². The van der Waals surface area contributed by atoms with Crippen molar-refractivity contribution in [3.05, 3.63) is 53.3 Å². The number of nitrogens with one attached hydrogen (secondary N) is 1. The lowest BCUT2D eigenvalue weighted by atomic mass is 10.1. The highest BCUT2D eigenvalue weighted by Crippen LogP contribution is 2.31. The van der Waals surface area contributed by atoms with Crippen molar-refractivity contribution in [2.75, 3.05) is 18.5 Å². The Morgan fingerprint density at radius 2 is 1.91 bits per heavy atom. The fraction of sp³-hybridized carbons (Fsp3) is 0.278. The minimum Gasteiger partial charge on any atom is -0.486 e. The second-order valence-electron chi connectivity index (χ2n) is 5.49. The maximum atomic E-state index is 13.2. The van der Waals surface area contributed by atoms with Gasteiger partial charge in [-0.15, -0.1) is 0 Å². The molecule has 4 nitrogen and oxygen atoms in total. The fourth-order valence-electron chi connectivity index (χ4n) is 2.44. The smallest absolute Gasteiger partial charge is 0.224 e. The summed E-state index contributed by atoms with van der Waals surface area (Å²) in [5.74, 6) is 0.946. The monoisotopic (exact) mass is 315 g/mol. The molecular weight excluding hydrogens is 297 g/mol. The van der Waals surface area contributed by atoms with Crippen molar-refractivity contribution in [1.29, 1.82) is 0 Å². The number of hydrogen-bond acceptors (Lipinski definition) is 3. The third kappa shape index (κ3) is 3.80. The van der Waals surface area contributed by atoms with E-state index in [2.05, 4.69) is 5.32 Å². The van der Waals surface area contributed by atoms with Gasteiger partial charge in [-0.1, -0.05) is 12.1 Å². The van der Waals surface area contributed by atoms with E-state index in [1.165, 1.54) is 12.1 Å². The number of amides is 1. The third-order valence-corrected chi connectivity index (χ3v) is 3.72. The Hall–Kier alpha value is -2.56. The van der Waals surface area contributed by atoms with Gasteiger partial charge in [-0.3, -0.25) is 4.79 Å². The second-order valence-corrected chi connectivity index (χ2v) is 5.49. The minimum absolute atomic E-state index is 0.145. The van der Waals surface area contributed by atoms with Gasteiger partial charge in [0.2, 0.25) is 5.91 Å². The summed E-state index contributed by atoms with van der Waals surface area (Å²) in [6.45, 7) is 2.92. The number of halogens is 1. The van der Waals surface area contributed by atoms with E-state index in [0.717, 1.165) is 22.6 Å². The molecule has 1 amide bonds. The molecule has 0 atom stereocenters. The topological polar surface area (TPSA) is 47.6 Å².